The molecule has 3 aromatic rings. The van der Waals surface area contributed by atoms with Gasteiger partial charge < -0.3 is 19.9 Å². The predicted octanol–water partition coefficient (Wildman–Crippen LogP) is 4.35. The maximum atomic E-state index is 14.4. The van der Waals surface area contributed by atoms with Crippen LogP contribution in [0.15, 0.2) is 30.7 Å². The molecule has 0 aromatic carbocycles. The number of nitrogens with zero attached hydrogens (tertiary/aromatic N) is 6. The molecular formula is C27H37FN8O2S. The van der Waals surface area contributed by atoms with E-state index in [2.05, 4.69) is 39.0 Å². The van der Waals surface area contributed by atoms with Crippen molar-refractivity contribution < 1.29 is 13.3 Å². The zero-order chi connectivity index (χ0) is 27.7. The van der Waals surface area contributed by atoms with Gasteiger partial charge in [0, 0.05) is 77.9 Å². The lowest BCUT2D eigenvalue weighted by molar-refractivity contribution is 0.0194. The van der Waals surface area contributed by atoms with Gasteiger partial charge in [-0.3, -0.25) is 4.78 Å². The van der Waals surface area contributed by atoms with Crippen LogP contribution in [-0.4, -0.2) is 81.2 Å². The molecule has 39 heavy (non-hydrogen) atoms. The maximum Gasteiger partial charge on any atom is 0.227 e. The Bertz CT molecular complexity index is 1430. The number of nitrogens with one attached hydrogen (secondary N) is 2. The lowest BCUT2D eigenvalue weighted by atomic mass is 9.97. The summed E-state index contributed by atoms with van der Waals surface area (Å²) in [6.07, 6.45) is 4.53. The fraction of sp³-hybridized carbons (Fsp3) is 0.556. The third-order valence-corrected chi connectivity index (χ3v) is 9.54. The first-order chi connectivity index (χ1) is 18.7. The van der Waals surface area contributed by atoms with Gasteiger partial charge in [-0.25, -0.2) is 23.6 Å². The fourth-order valence-electron chi connectivity index (χ4n) is 5.30. The van der Waals surface area contributed by atoms with Gasteiger partial charge in [-0.1, -0.05) is 20.8 Å². The van der Waals surface area contributed by atoms with Crippen molar-refractivity contribution in [2.24, 2.45) is 5.92 Å². The van der Waals surface area contributed by atoms with Gasteiger partial charge in [0.25, 0.3) is 0 Å². The first-order valence-electron chi connectivity index (χ1n) is 13.5. The van der Waals surface area contributed by atoms with Crippen LogP contribution < -0.4 is 15.1 Å². The number of halogens is 1. The Morgan fingerprint density at radius 3 is 2.64 bits per heavy atom. The average Bonchev–Trinajstić information content (AvgIpc) is 2.90. The SMILES string of the molecule is CC[S@@](=N)(=O)CC1CN(c2ncc(C(C)C)c3cc(Nc4ccnc(N5CC[C@@H](OC)[C@@H](F)C5)n4)ncc23)C1. The van der Waals surface area contributed by atoms with E-state index in [1.54, 1.807) is 19.4 Å². The highest BCUT2D eigenvalue weighted by atomic mass is 32.2. The minimum absolute atomic E-state index is 0.193. The van der Waals surface area contributed by atoms with Crippen molar-refractivity contribution in [3.05, 3.63) is 36.3 Å². The predicted molar refractivity (Wildman–Crippen MR) is 153 cm³/mol. The lowest BCUT2D eigenvalue weighted by Gasteiger charge is -2.41. The molecule has 2 aliphatic heterocycles. The third kappa shape index (κ3) is 5.91. The Morgan fingerprint density at radius 2 is 1.95 bits per heavy atom. The zero-order valence-corrected chi connectivity index (χ0v) is 23.7. The normalized spacial score (nSPS) is 21.7. The number of methoxy groups -OCH3 is 1. The van der Waals surface area contributed by atoms with Crippen molar-refractivity contribution in [1.29, 1.82) is 4.78 Å². The van der Waals surface area contributed by atoms with Gasteiger partial charge >= 0.3 is 0 Å². The Morgan fingerprint density at radius 1 is 1.15 bits per heavy atom. The molecule has 2 fully saturated rings. The van der Waals surface area contributed by atoms with Crippen LogP contribution in [0.2, 0.25) is 0 Å². The van der Waals surface area contributed by atoms with E-state index >= 15 is 0 Å². The van der Waals surface area contributed by atoms with Gasteiger partial charge in [-0.2, -0.15) is 4.98 Å². The second-order valence-corrected chi connectivity index (χ2v) is 13.3. The minimum Gasteiger partial charge on any atom is -0.378 e. The van der Waals surface area contributed by atoms with E-state index in [4.69, 9.17) is 14.5 Å². The van der Waals surface area contributed by atoms with Crippen LogP contribution in [-0.2, 0) is 14.5 Å². The number of rotatable bonds is 9. The van der Waals surface area contributed by atoms with Crippen LogP contribution in [0.5, 0.6) is 0 Å². The van der Waals surface area contributed by atoms with E-state index in [1.165, 1.54) is 0 Å². The minimum atomic E-state index is -2.50. The molecule has 2 saturated heterocycles. The van der Waals surface area contributed by atoms with Gasteiger partial charge in [-0.15, -0.1) is 0 Å². The number of piperidine rings is 1. The van der Waals surface area contributed by atoms with Crippen molar-refractivity contribution in [3.8, 4) is 0 Å². The summed E-state index contributed by atoms with van der Waals surface area (Å²) >= 11 is 0. The first-order valence-corrected chi connectivity index (χ1v) is 15.4. The van der Waals surface area contributed by atoms with Crippen LogP contribution >= 0.6 is 0 Å². The van der Waals surface area contributed by atoms with Gasteiger partial charge in [0.15, 0.2) is 0 Å². The average molecular weight is 557 g/mol. The highest BCUT2D eigenvalue weighted by Gasteiger charge is 2.32. The van der Waals surface area contributed by atoms with Crippen LogP contribution in [0.1, 0.15) is 38.7 Å². The molecule has 5 heterocycles. The number of pyridine rings is 2. The zero-order valence-electron chi connectivity index (χ0n) is 22.9. The van der Waals surface area contributed by atoms with Gasteiger partial charge in [0.05, 0.1) is 12.6 Å². The molecule has 2 aliphatic rings. The largest absolute Gasteiger partial charge is 0.378 e. The molecule has 0 saturated carbocycles. The van der Waals surface area contributed by atoms with E-state index in [-0.39, 0.29) is 18.4 Å². The molecular weight excluding hydrogens is 519 g/mol. The molecule has 3 atom stereocenters. The summed E-state index contributed by atoms with van der Waals surface area (Å²) in [6, 6.07) is 3.79. The standard InChI is InChI=1S/C27H37FN8O2S/c1-5-39(29,37)16-18-13-36(14-18)26-21-12-31-25(10-19(21)20(11-32-26)17(2)3)33-24-6-8-30-27(34-24)35-9-7-23(38-4)22(28)15-35/h6,8,10-12,17-18,22-23,29H,5,7,9,13-16H2,1-4H3,(H,30,31,33,34)/t22-,23+,39+/m0/s1. The topological polar surface area (TPSA) is 120 Å². The summed E-state index contributed by atoms with van der Waals surface area (Å²) in [5.41, 5.74) is 1.12. The number of alkyl halides is 1. The summed E-state index contributed by atoms with van der Waals surface area (Å²) in [7, 11) is -0.962. The Kier molecular flexibility index (Phi) is 7.86. The third-order valence-electron chi connectivity index (χ3n) is 7.60. The molecule has 0 amide bonds. The Hall–Kier alpha value is -3.12. The molecule has 0 unspecified atom stereocenters. The summed E-state index contributed by atoms with van der Waals surface area (Å²) in [4.78, 5) is 22.4. The first kappa shape index (κ1) is 27.4. The van der Waals surface area contributed by atoms with Crippen molar-refractivity contribution >= 4 is 43.9 Å². The van der Waals surface area contributed by atoms with Crippen LogP contribution in [0, 0.1) is 10.7 Å². The number of hydrogen-bond acceptors (Lipinski definition) is 10. The fourth-order valence-corrected chi connectivity index (χ4v) is 6.51. The van der Waals surface area contributed by atoms with E-state index < -0.39 is 22.0 Å². The highest BCUT2D eigenvalue weighted by molar-refractivity contribution is 7.92. The smallest absolute Gasteiger partial charge is 0.227 e. The molecule has 5 rings (SSSR count). The van der Waals surface area contributed by atoms with Crippen molar-refractivity contribution in [1.82, 2.24) is 19.9 Å². The monoisotopic (exact) mass is 556 g/mol. The van der Waals surface area contributed by atoms with E-state index in [0.29, 0.717) is 42.1 Å². The van der Waals surface area contributed by atoms with Gasteiger partial charge in [-0.05, 0) is 35.4 Å². The second kappa shape index (κ2) is 11.2. The molecule has 210 valence electrons. The molecule has 0 spiro atoms. The number of anilines is 4. The molecule has 3 aromatic heterocycles. The summed E-state index contributed by atoms with van der Waals surface area (Å²) in [5.74, 6) is 3.89. The quantitative estimate of drug-likeness (QED) is 0.396. The van der Waals surface area contributed by atoms with Crippen LogP contribution in [0.25, 0.3) is 10.8 Å². The number of hydrogen-bond donors (Lipinski definition) is 2. The number of aromatic nitrogens is 4. The summed E-state index contributed by atoms with van der Waals surface area (Å²) in [6.45, 7) is 8.39. The van der Waals surface area contributed by atoms with Crippen molar-refractivity contribution in [2.75, 3.05) is 59.9 Å². The maximum absolute atomic E-state index is 14.4. The van der Waals surface area contributed by atoms with E-state index in [1.807, 2.05) is 30.3 Å². The molecule has 0 aliphatic carbocycles. The summed E-state index contributed by atoms with van der Waals surface area (Å²) in [5, 5.41) is 5.32. The second-order valence-electron chi connectivity index (χ2n) is 10.7. The van der Waals surface area contributed by atoms with Crippen molar-refractivity contribution in [2.45, 2.75) is 45.4 Å². The molecule has 12 heteroatoms. The van der Waals surface area contributed by atoms with Crippen LogP contribution in [0.4, 0.5) is 27.8 Å². The molecule has 0 bridgehead atoms. The van der Waals surface area contributed by atoms with E-state index in [9.17, 15) is 8.60 Å². The van der Waals surface area contributed by atoms with Gasteiger partial charge in [0.2, 0.25) is 5.95 Å². The molecule has 2 N–H and O–H groups in total. The Labute approximate surface area is 229 Å². The number of fused-ring (bicyclic) bond motifs is 1. The van der Waals surface area contributed by atoms with Crippen molar-refractivity contribution in [3.63, 3.8) is 0 Å². The number of ether oxygens (including phenoxy) is 1. The molecule has 10 nitrogen and oxygen atoms in total. The van der Waals surface area contributed by atoms with E-state index in [0.717, 1.165) is 35.2 Å². The highest BCUT2D eigenvalue weighted by Crippen LogP contribution is 2.35. The van der Waals surface area contributed by atoms with Crippen LogP contribution in [0.3, 0.4) is 0 Å². The summed E-state index contributed by atoms with van der Waals surface area (Å²) < 4.78 is 39.9. The lowest BCUT2D eigenvalue weighted by Crippen LogP contribution is -2.50. The Balaban J connectivity index is 1.36. The van der Waals surface area contributed by atoms with Gasteiger partial charge in [0.1, 0.15) is 23.6 Å². The molecule has 0 radical (unpaired) electrons.